The molecule has 0 unspecified atom stereocenters. The van der Waals surface area contributed by atoms with E-state index in [1.807, 2.05) is 0 Å². The molecule has 0 aliphatic rings. The molecular weight excluding hydrogens is 216 g/mol. The number of rotatable bonds is 4. The van der Waals surface area contributed by atoms with E-state index in [2.05, 4.69) is 0 Å². The summed E-state index contributed by atoms with van der Waals surface area (Å²) >= 11 is 0. The summed E-state index contributed by atoms with van der Waals surface area (Å²) in [6.45, 7) is 0. The van der Waals surface area contributed by atoms with Crippen molar-refractivity contribution in [3.8, 4) is 0 Å². The number of carbonyl (C=O) groups is 2. The molecule has 1 atom stereocenters. The molecule has 0 heterocycles. The maximum atomic E-state index is 9.86. The normalized spacial score (nSPS) is 10.4. The average molecular weight is 223 g/mol. The Morgan fingerprint density at radius 3 is 1.92 bits per heavy atom. The second kappa shape index (κ2) is 11.2. The summed E-state index contributed by atoms with van der Waals surface area (Å²) in [6.07, 6.45) is -0.500. The summed E-state index contributed by atoms with van der Waals surface area (Å²) in [5.74, 6) is -2.75. The SMILES string of the molecule is N[C@H](CCC(=O)[O-])C(=O)[O-].[K+].[K+]. The van der Waals surface area contributed by atoms with Gasteiger partial charge in [0.1, 0.15) is 0 Å². The topological polar surface area (TPSA) is 106 Å². The minimum absolute atomic E-state index is 0. The van der Waals surface area contributed by atoms with Crippen LogP contribution >= 0.6 is 0 Å². The van der Waals surface area contributed by atoms with E-state index in [4.69, 9.17) is 5.73 Å². The van der Waals surface area contributed by atoms with E-state index in [0.717, 1.165) is 0 Å². The first kappa shape index (κ1) is 19.7. The molecule has 2 N–H and O–H groups in total. The van der Waals surface area contributed by atoms with Crippen LogP contribution in [0.25, 0.3) is 0 Å². The van der Waals surface area contributed by atoms with Crippen molar-refractivity contribution < 1.29 is 123 Å². The number of hydrogen-bond donors (Lipinski definition) is 1. The summed E-state index contributed by atoms with van der Waals surface area (Å²) in [5.41, 5.74) is 4.91. The molecule has 0 aliphatic heterocycles. The quantitative estimate of drug-likeness (QED) is 0.476. The Hall–Kier alpha value is 2.17. The molecule has 0 saturated heterocycles. The molecule has 12 heavy (non-hydrogen) atoms. The molecule has 0 bridgehead atoms. The van der Waals surface area contributed by atoms with Crippen molar-refractivity contribution in [2.45, 2.75) is 18.9 Å². The number of carbonyl (C=O) groups excluding carboxylic acids is 2. The van der Waals surface area contributed by atoms with Gasteiger partial charge in [0.25, 0.3) is 0 Å². The van der Waals surface area contributed by atoms with E-state index in [9.17, 15) is 19.8 Å². The average Bonchev–Trinajstić information content (AvgIpc) is 1.82. The van der Waals surface area contributed by atoms with Crippen molar-refractivity contribution in [2.24, 2.45) is 5.73 Å². The third-order valence-electron chi connectivity index (χ3n) is 0.962. The van der Waals surface area contributed by atoms with Crippen LogP contribution in [0.3, 0.4) is 0 Å². The van der Waals surface area contributed by atoms with Crippen LogP contribution in [-0.2, 0) is 9.59 Å². The fourth-order valence-electron chi connectivity index (χ4n) is 0.391. The van der Waals surface area contributed by atoms with Gasteiger partial charge < -0.3 is 25.5 Å². The Kier molecular flexibility index (Phi) is 18.5. The van der Waals surface area contributed by atoms with E-state index in [-0.39, 0.29) is 116 Å². The van der Waals surface area contributed by atoms with Crippen LogP contribution in [0, 0.1) is 0 Å². The predicted molar refractivity (Wildman–Crippen MR) is 27.2 cm³/mol. The third-order valence-corrected chi connectivity index (χ3v) is 0.962. The predicted octanol–water partition coefficient (Wildman–Crippen LogP) is -9.40. The van der Waals surface area contributed by atoms with Crippen LogP contribution in [0.1, 0.15) is 12.8 Å². The molecule has 0 saturated carbocycles. The third kappa shape index (κ3) is 12.2. The first-order valence-electron chi connectivity index (χ1n) is 2.70. The second-order valence-electron chi connectivity index (χ2n) is 1.84. The van der Waals surface area contributed by atoms with Crippen LogP contribution in [0.2, 0.25) is 0 Å². The second-order valence-corrected chi connectivity index (χ2v) is 1.84. The van der Waals surface area contributed by atoms with E-state index in [0.29, 0.717) is 0 Å². The van der Waals surface area contributed by atoms with Crippen molar-refractivity contribution in [3.05, 3.63) is 0 Å². The van der Waals surface area contributed by atoms with Crippen LogP contribution in [0.15, 0.2) is 0 Å². The van der Waals surface area contributed by atoms with Gasteiger partial charge in [-0.15, -0.1) is 0 Å². The minimum atomic E-state index is -1.44. The summed E-state index contributed by atoms with van der Waals surface area (Å²) in [6, 6.07) is -1.21. The zero-order valence-electron chi connectivity index (χ0n) is 7.20. The van der Waals surface area contributed by atoms with Crippen molar-refractivity contribution in [1.29, 1.82) is 0 Å². The number of aliphatic carboxylic acids is 2. The van der Waals surface area contributed by atoms with Gasteiger partial charge >= 0.3 is 103 Å². The smallest absolute Gasteiger partial charge is 0.550 e. The number of hydrogen-bond acceptors (Lipinski definition) is 5. The van der Waals surface area contributed by atoms with Crippen LogP contribution in [0.4, 0.5) is 0 Å². The fourth-order valence-corrected chi connectivity index (χ4v) is 0.391. The van der Waals surface area contributed by atoms with Gasteiger partial charge in [0.2, 0.25) is 0 Å². The summed E-state index contributed by atoms with van der Waals surface area (Å²) in [7, 11) is 0. The van der Waals surface area contributed by atoms with Gasteiger partial charge in [-0.25, -0.2) is 0 Å². The molecule has 0 radical (unpaired) electrons. The molecular formula is C5H7K2NO4. The number of nitrogens with two attached hydrogens (primary N) is 1. The summed E-state index contributed by atoms with van der Waals surface area (Å²) < 4.78 is 0. The summed E-state index contributed by atoms with van der Waals surface area (Å²) in [4.78, 5) is 19.6. The van der Waals surface area contributed by atoms with E-state index >= 15 is 0 Å². The van der Waals surface area contributed by atoms with Crippen molar-refractivity contribution in [2.75, 3.05) is 0 Å². The van der Waals surface area contributed by atoms with Gasteiger partial charge in [0.15, 0.2) is 0 Å². The first-order valence-corrected chi connectivity index (χ1v) is 2.70. The van der Waals surface area contributed by atoms with E-state index in [1.54, 1.807) is 0 Å². The molecule has 0 aromatic rings. The molecule has 7 heteroatoms. The molecule has 0 amide bonds. The minimum Gasteiger partial charge on any atom is -0.550 e. The van der Waals surface area contributed by atoms with Gasteiger partial charge in [-0.3, -0.25) is 0 Å². The van der Waals surface area contributed by atoms with Crippen molar-refractivity contribution >= 4 is 11.9 Å². The van der Waals surface area contributed by atoms with Crippen LogP contribution in [-0.4, -0.2) is 18.0 Å². The van der Waals surface area contributed by atoms with Crippen molar-refractivity contribution in [3.63, 3.8) is 0 Å². The van der Waals surface area contributed by atoms with Gasteiger partial charge in [-0.2, -0.15) is 0 Å². The van der Waals surface area contributed by atoms with Gasteiger partial charge in [0.05, 0.1) is 5.97 Å². The first-order chi connectivity index (χ1) is 4.54. The molecule has 0 spiro atoms. The Labute approximate surface area is 155 Å². The molecule has 5 nitrogen and oxygen atoms in total. The molecule has 0 aromatic carbocycles. The Balaban J connectivity index is -0.000000405. The van der Waals surface area contributed by atoms with Gasteiger partial charge in [-0.05, 0) is 12.8 Å². The molecule has 58 valence electrons. The molecule has 0 rings (SSSR count). The Bertz CT molecular complexity index is 152. The van der Waals surface area contributed by atoms with Gasteiger partial charge in [-0.1, -0.05) is 0 Å². The maximum Gasteiger partial charge on any atom is 1.00 e. The zero-order valence-corrected chi connectivity index (χ0v) is 13.4. The fraction of sp³-hybridized carbons (Fsp3) is 0.600. The van der Waals surface area contributed by atoms with Crippen LogP contribution < -0.4 is 119 Å². The van der Waals surface area contributed by atoms with Crippen molar-refractivity contribution in [1.82, 2.24) is 0 Å². The molecule has 0 fully saturated rings. The summed E-state index contributed by atoms with van der Waals surface area (Å²) in [5, 5.41) is 19.6. The maximum absolute atomic E-state index is 9.86. The van der Waals surface area contributed by atoms with E-state index < -0.39 is 18.0 Å². The Morgan fingerprint density at radius 1 is 1.25 bits per heavy atom. The van der Waals surface area contributed by atoms with E-state index in [1.165, 1.54) is 0 Å². The largest absolute Gasteiger partial charge is 1.00 e. The van der Waals surface area contributed by atoms with Crippen LogP contribution in [0.5, 0.6) is 0 Å². The number of carboxylic acid groups (broad SMARTS) is 2. The monoisotopic (exact) mass is 223 g/mol. The standard InChI is InChI=1S/C5H9NO4.2K/c6-3(5(9)10)1-2-4(7)8;;/h3H,1-2,6H2,(H,7,8)(H,9,10);;/q;2*+1/p-2/t3-;;/m1../s1. The molecule has 0 aromatic heterocycles. The number of carboxylic acids is 2. The Morgan fingerprint density at radius 2 is 1.67 bits per heavy atom. The van der Waals surface area contributed by atoms with Gasteiger partial charge in [0, 0.05) is 12.0 Å². The zero-order chi connectivity index (χ0) is 8.15. The molecule has 0 aliphatic carbocycles.